The second kappa shape index (κ2) is 9.25. The summed E-state index contributed by atoms with van der Waals surface area (Å²) in [7, 11) is 3.82. The molecule has 0 amide bonds. The van der Waals surface area contributed by atoms with Gasteiger partial charge in [0.15, 0.2) is 17.8 Å². The molecule has 2 fully saturated rings. The van der Waals surface area contributed by atoms with Crippen molar-refractivity contribution in [1.82, 2.24) is 19.4 Å². The molecule has 10 heteroatoms. The fourth-order valence-corrected chi connectivity index (χ4v) is 5.10. The van der Waals surface area contributed by atoms with Crippen LogP contribution in [0, 0.1) is 0 Å². The van der Waals surface area contributed by atoms with Crippen LogP contribution in [0.15, 0.2) is 60.0 Å². The second-order valence-electron chi connectivity index (χ2n) is 9.96. The minimum absolute atomic E-state index is 0.301. The van der Waals surface area contributed by atoms with Crippen molar-refractivity contribution in [3.8, 4) is 5.75 Å². The lowest BCUT2D eigenvalue weighted by Gasteiger charge is -2.25. The van der Waals surface area contributed by atoms with Crippen LogP contribution in [-0.4, -0.2) is 70.6 Å². The number of aromatic nitrogens is 3. The molecule has 4 heterocycles. The van der Waals surface area contributed by atoms with E-state index in [-0.39, 0.29) is 18.3 Å². The summed E-state index contributed by atoms with van der Waals surface area (Å²) in [6.07, 6.45) is 3.72. The molecule has 2 aliphatic rings. The van der Waals surface area contributed by atoms with Crippen LogP contribution in [0.3, 0.4) is 0 Å². The molecule has 2 aromatic heterocycles. The Kier molecular flexibility index (Phi) is 6.03. The number of hydrogen-bond donors (Lipinski definition) is 0. The van der Waals surface area contributed by atoms with E-state index in [4.69, 9.17) is 30.5 Å². The first-order chi connectivity index (χ1) is 17.8. The number of hydrogen-bond acceptors (Lipinski definition) is 7. The molecule has 0 N–H and O–H groups in total. The summed E-state index contributed by atoms with van der Waals surface area (Å²) in [6, 6.07) is 13.7. The Hall–Kier alpha value is -3.24. The first kappa shape index (κ1) is 24.1. The average Bonchev–Trinajstić information content (AvgIpc) is 3.52. The predicted molar refractivity (Wildman–Crippen MR) is 142 cm³/mol. The SMILES string of the molecule is CN(C)C=Nc1ncnc2c1ccn2[C@@H]1O[C@H](COc2ccc3ccc(Cl)cc3c2)[C@H]2OC(C)(C)O[C@H]21. The number of ether oxygens (including phenoxy) is 4. The summed E-state index contributed by atoms with van der Waals surface area (Å²) < 4.78 is 27.2. The number of halogens is 1. The van der Waals surface area contributed by atoms with Gasteiger partial charge >= 0.3 is 0 Å². The van der Waals surface area contributed by atoms with Crippen molar-refractivity contribution in [2.45, 2.75) is 44.2 Å². The number of nitrogens with zero attached hydrogens (tertiary/aromatic N) is 5. The van der Waals surface area contributed by atoms with Crippen LogP contribution < -0.4 is 4.74 Å². The molecule has 37 heavy (non-hydrogen) atoms. The fourth-order valence-electron chi connectivity index (χ4n) is 4.92. The molecule has 0 bridgehead atoms. The summed E-state index contributed by atoms with van der Waals surface area (Å²) in [5.41, 5.74) is 0.714. The van der Waals surface area contributed by atoms with E-state index in [2.05, 4.69) is 15.0 Å². The number of rotatable bonds is 6. The van der Waals surface area contributed by atoms with Crippen molar-refractivity contribution in [2.24, 2.45) is 4.99 Å². The molecule has 0 spiro atoms. The Morgan fingerprint density at radius 3 is 2.73 bits per heavy atom. The zero-order valence-electron chi connectivity index (χ0n) is 21.0. The summed E-state index contributed by atoms with van der Waals surface area (Å²) in [5, 5.41) is 3.62. The quantitative estimate of drug-likeness (QED) is 0.262. The maximum Gasteiger partial charge on any atom is 0.166 e. The van der Waals surface area contributed by atoms with Crippen molar-refractivity contribution in [3.05, 3.63) is 60.0 Å². The van der Waals surface area contributed by atoms with Crippen LogP contribution in [0.2, 0.25) is 5.02 Å². The Balaban J connectivity index is 1.27. The van der Waals surface area contributed by atoms with Crippen LogP contribution in [0.1, 0.15) is 20.1 Å². The van der Waals surface area contributed by atoms with Crippen molar-refractivity contribution in [2.75, 3.05) is 20.7 Å². The van der Waals surface area contributed by atoms with Gasteiger partial charge in [-0.2, -0.15) is 0 Å². The molecule has 2 saturated heterocycles. The molecule has 2 aliphatic heterocycles. The van der Waals surface area contributed by atoms with Gasteiger partial charge in [0.05, 0.1) is 11.7 Å². The van der Waals surface area contributed by atoms with Gasteiger partial charge in [0.2, 0.25) is 0 Å². The monoisotopic (exact) mass is 521 g/mol. The molecular weight excluding hydrogens is 494 g/mol. The Bertz CT molecular complexity index is 1490. The number of benzene rings is 2. The van der Waals surface area contributed by atoms with Crippen LogP contribution in [-0.2, 0) is 14.2 Å². The third-order valence-electron chi connectivity index (χ3n) is 6.49. The van der Waals surface area contributed by atoms with Gasteiger partial charge in [0.25, 0.3) is 0 Å². The summed E-state index contributed by atoms with van der Waals surface area (Å²) >= 11 is 6.17. The maximum absolute atomic E-state index is 6.50. The topological polar surface area (TPSA) is 83.2 Å². The van der Waals surface area contributed by atoms with Crippen molar-refractivity contribution < 1.29 is 18.9 Å². The van der Waals surface area contributed by atoms with E-state index in [1.54, 1.807) is 6.34 Å². The van der Waals surface area contributed by atoms with Gasteiger partial charge in [-0.25, -0.2) is 15.0 Å². The summed E-state index contributed by atoms with van der Waals surface area (Å²) in [4.78, 5) is 15.2. The first-order valence-corrected chi connectivity index (χ1v) is 12.5. The highest BCUT2D eigenvalue weighted by Crippen LogP contribution is 2.44. The van der Waals surface area contributed by atoms with Gasteiger partial charge in [-0.15, -0.1) is 0 Å². The highest BCUT2D eigenvalue weighted by molar-refractivity contribution is 6.31. The molecule has 0 saturated carbocycles. The van der Waals surface area contributed by atoms with E-state index in [0.29, 0.717) is 23.1 Å². The number of fused-ring (bicyclic) bond motifs is 3. The van der Waals surface area contributed by atoms with Crippen LogP contribution >= 0.6 is 11.6 Å². The van der Waals surface area contributed by atoms with E-state index < -0.39 is 12.0 Å². The van der Waals surface area contributed by atoms with Crippen LogP contribution in [0.5, 0.6) is 5.75 Å². The van der Waals surface area contributed by atoms with Gasteiger partial charge in [0, 0.05) is 25.3 Å². The lowest BCUT2D eigenvalue weighted by molar-refractivity contribution is -0.198. The first-order valence-electron chi connectivity index (χ1n) is 12.1. The van der Waals surface area contributed by atoms with Crippen LogP contribution in [0.25, 0.3) is 21.8 Å². The summed E-state index contributed by atoms with van der Waals surface area (Å²) in [6.45, 7) is 4.13. The molecule has 6 rings (SSSR count). The minimum Gasteiger partial charge on any atom is -0.491 e. The normalized spacial score (nSPS) is 24.8. The van der Waals surface area contributed by atoms with E-state index in [1.165, 1.54) is 6.33 Å². The minimum atomic E-state index is -0.742. The van der Waals surface area contributed by atoms with E-state index >= 15 is 0 Å². The lowest BCUT2D eigenvalue weighted by atomic mass is 10.1. The third-order valence-corrected chi connectivity index (χ3v) is 6.72. The third kappa shape index (κ3) is 4.64. The molecule has 0 aliphatic carbocycles. The average molecular weight is 522 g/mol. The molecule has 2 aromatic carbocycles. The van der Waals surface area contributed by atoms with Gasteiger partial charge in [-0.3, -0.25) is 0 Å². The standard InChI is InChI=1S/C27H28ClN5O4/c1-27(2)36-22-21(13-34-19-8-6-16-5-7-18(28)11-17(16)12-19)35-26(23(22)37-27)33-10-9-20-24(31-15-32(3)4)29-14-30-25(20)33/h5-12,14-15,21-23,26H,13H2,1-4H3/t21-,22-,23-,26-/m1/s1. The molecule has 192 valence electrons. The van der Waals surface area contributed by atoms with Gasteiger partial charge in [-0.05, 0) is 55.0 Å². The smallest absolute Gasteiger partial charge is 0.166 e. The second-order valence-corrected chi connectivity index (χ2v) is 10.4. The zero-order valence-corrected chi connectivity index (χ0v) is 21.8. The van der Waals surface area contributed by atoms with E-state index in [9.17, 15) is 0 Å². The highest BCUT2D eigenvalue weighted by atomic mass is 35.5. The van der Waals surface area contributed by atoms with Crippen LogP contribution in [0.4, 0.5) is 5.82 Å². The lowest BCUT2D eigenvalue weighted by Crippen LogP contribution is -2.33. The Labute approximate surface area is 219 Å². The largest absolute Gasteiger partial charge is 0.491 e. The predicted octanol–water partition coefficient (Wildman–Crippen LogP) is 4.96. The van der Waals surface area contributed by atoms with E-state index in [0.717, 1.165) is 21.9 Å². The molecule has 4 atom stereocenters. The molecular formula is C27H28ClN5O4. The maximum atomic E-state index is 6.50. The Morgan fingerprint density at radius 1 is 1.08 bits per heavy atom. The molecule has 4 aromatic rings. The fraction of sp³-hybridized carbons (Fsp3) is 0.370. The molecule has 0 unspecified atom stereocenters. The number of aliphatic imine (C=N–C) groups is 1. The van der Waals surface area contributed by atoms with Crippen molar-refractivity contribution in [3.63, 3.8) is 0 Å². The van der Waals surface area contributed by atoms with Crippen molar-refractivity contribution >= 4 is 45.6 Å². The zero-order chi connectivity index (χ0) is 25.7. The van der Waals surface area contributed by atoms with Gasteiger partial charge in [0.1, 0.15) is 42.6 Å². The van der Waals surface area contributed by atoms with Crippen molar-refractivity contribution in [1.29, 1.82) is 0 Å². The van der Waals surface area contributed by atoms with Gasteiger partial charge < -0.3 is 28.4 Å². The summed E-state index contributed by atoms with van der Waals surface area (Å²) in [5.74, 6) is 0.584. The highest BCUT2D eigenvalue weighted by Gasteiger charge is 2.56. The van der Waals surface area contributed by atoms with Gasteiger partial charge in [-0.1, -0.05) is 23.7 Å². The molecule has 0 radical (unpaired) electrons. The Morgan fingerprint density at radius 2 is 1.89 bits per heavy atom. The van der Waals surface area contributed by atoms with E-state index in [1.807, 2.05) is 86.1 Å². The molecule has 9 nitrogen and oxygen atoms in total.